The zero-order valence-corrected chi connectivity index (χ0v) is 11.1. The van der Waals surface area contributed by atoms with E-state index in [1.807, 2.05) is 0 Å². The molecule has 0 bridgehead atoms. The number of piperidine rings is 1. The van der Waals surface area contributed by atoms with Gasteiger partial charge in [-0.05, 0) is 24.0 Å². The quantitative estimate of drug-likeness (QED) is 0.836. The Balaban J connectivity index is 1.76. The molecule has 2 N–H and O–H groups in total. The first-order valence-electron chi connectivity index (χ1n) is 6.49. The largest absolute Gasteiger partial charge is 0.493 e. The summed E-state index contributed by atoms with van der Waals surface area (Å²) in [5.41, 5.74) is 0.528. The number of para-hydroxylation sites is 1. The van der Waals surface area contributed by atoms with Crippen molar-refractivity contribution in [1.82, 2.24) is 10.6 Å². The lowest BCUT2D eigenvalue weighted by Crippen LogP contribution is -2.32. The fourth-order valence-electron chi connectivity index (χ4n) is 2.93. The number of ether oxygens (including phenoxy) is 2. The minimum Gasteiger partial charge on any atom is -0.493 e. The van der Waals surface area contributed by atoms with E-state index in [9.17, 15) is 4.79 Å². The minimum atomic E-state index is -0.0878. The van der Waals surface area contributed by atoms with E-state index in [-0.39, 0.29) is 5.91 Å². The van der Waals surface area contributed by atoms with E-state index < -0.39 is 0 Å². The second-order valence-corrected chi connectivity index (χ2v) is 5.03. The molecule has 5 nitrogen and oxygen atoms in total. The van der Waals surface area contributed by atoms with Gasteiger partial charge in [-0.1, -0.05) is 6.07 Å². The normalized spacial score (nSPS) is 27.6. The average Bonchev–Trinajstić information content (AvgIpc) is 2.89. The van der Waals surface area contributed by atoms with Crippen molar-refractivity contribution in [3.63, 3.8) is 0 Å². The van der Waals surface area contributed by atoms with Crippen LogP contribution in [0.3, 0.4) is 0 Å². The summed E-state index contributed by atoms with van der Waals surface area (Å²) in [4.78, 5) is 12.3. The second kappa shape index (κ2) is 4.74. The lowest BCUT2D eigenvalue weighted by atomic mass is 10.1. The van der Waals surface area contributed by atoms with E-state index in [0.29, 0.717) is 34.9 Å². The Bertz CT molecular complexity index is 493. The highest BCUT2D eigenvalue weighted by atomic mass is 16.5. The Morgan fingerprint density at radius 1 is 1.26 bits per heavy atom. The van der Waals surface area contributed by atoms with Crippen LogP contribution in [-0.2, 0) is 0 Å². The third-order valence-corrected chi connectivity index (χ3v) is 4.04. The van der Waals surface area contributed by atoms with Gasteiger partial charge in [0.2, 0.25) is 0 Å². The number of rotatable bonds is 4. The highest BCUT2D eigenvalue weighted by Crippen LogP contribution is 2.42. The van der Waals surface area contributed by atoms with Crippen molar-refractivity contribution < 1.29 is 14.3 Å². The zero-order valence-electron chi connectivity index (χ0n) is 11.1. The SMILES string of the molecule is COc1cccc(C(=O)NC2C3CNCC32)c1OC. The molecule has 0 spiro atoms. The van der Waals surface area contributed by atoms with Crippen LogP contribution in [0.5, 0.6) is 11.5 Å². The van der Waals surface area contributed by atoms with Gasteiger partial charge in [-0.15, -0.1) is 0 Å². The smallest absolute Gasteiger partial charge is 0.255 e. The molecule has 1 heterocycles. The first-order chi connectivity index (χ1) is 9.26. The van der Waals surface area contributed by atoms with Gasteiger partial charge in [0.1, 0.15) is 0 Å². The van der Waals surface area contributed by atoms with Gasteiger partial charge in [0.25, 0.3) is 5.91 Å². The molecular weight excluding hydrogens is 244 g/mol. The molecule has 1 amide bonds. The van der Waals surface area contributed by atoms with Crippen molar-refractivity contribution in [2.24, 2.45) is 11.8 Å². The third-order valence-electron chi connectivity index (χ3n) is 4.04. The third kappa shape index (κ3) is 2.04. The molecule has 2 aliphatic rings. The Morgan fingerprint density at radius 2 is 2.00 bits per heavy atom. The summed E-state index contributed by atoms with van der Waals surface area (Å²) in [6.07, 6.45) is 0. The van der Waals surface area contributed by atoms with Gasteiger partial charge < -0.3 is 20.1 Å². The summed E-state index contributed by atoms with van der Waals surface area (Å²) in [6.45, 7) is 2.01. The number of amides is 1. The fourth-order valence-corrected chi connectivity index (χ4v) is 2.93. The van der Waals surface area contributed by atoms with Gasteiger partial charge in [0, 0.05) is 19.1 Å². The number of fused-ring (bicyclic) bond motifs is 1. The van der Waals surface area contributed by atoms with Crippen molar-refractivity contribution in [1.29, 1.82) is 0 Å². The Kier molecular flexibility index (Phi) is 3.06. The predicted octanol–water partition coefficient (Wildman–Crippen LogP) is 0.651. The maximum atomic E-state index is 12.3. The highest BCUT2D eigenvalue weighted by Gasteiger charge is 2.53. The number of benzene rings is 1. The predicted molar refractivity (Wildman–Crippen MR) is 70.6 cm³/mol. The summed E-state index contributed by atoms with van der Waals surface area (Å²) >= 11 is 0. The number of hydrogen-bond donors (Lipinski definition) is 2. The standard InChI is InChI=1S/C14H18N2O3/c1-18-11-5-3-4-8(13(11)19-2)14(17)16-12-9-6-15-7-10(9)12/h3-5,9-10,12,15H,6-7H2,1-2H3,(H,16,17). The molecule has 1 saturated carbocycles. The van der Waals surface area contributed by atoms with Crippen LogP contribution in [-0.4, -0.2) is 39.3 Å². The molecule has 3 rings (SSSR count). The van der Waals surface area contributed by atoms with Crippen LogP contribution in [0.25, 0.3) is 0 Å². The minimum absolute atomic E-state index is 0.0878. The summed E-state index contributed by atoms with van der Waals surface area (Å²) < 4.78 is 10.5. The van der Waals surface area contributed by atoms with Gasteiger partial charge in [0.15, 0.2) is 11.5 Å². The summed E-state index contributed by atoms with van der Waals surface area (Å²) in [6, 6.07) is 5.65. The van der Waals surface area contributed by atoms with Crippen molar-refractivity contribution in [2.45, 2.75) is 6.04 Å². The van der Waals surface area contributed by atoms with E-state index in [1.54, 1.807) is 32.4 Å². The molecule has 0 radical (unpaired) electrons. The van der Waals surface area contributed by atoms with Crippen LogP contribution in [0, 0.1) is 11.8 Å². The van der Waals surface area contributed by atoms with Crippen LogP contribution in [0.2, 0.25) is 0 Å². The second-order valence-electron chi connectivity index (χ2n) is 5.03. The average molecular weight is 262 g/mol. The summed E-state index contributed by atoms with van der Waals surface area (Å²) in [5, 5.41) is 6.39. The molecule has 102 valence electrons. The Morgan fingerprint density at radius 3 is 2.63 bits per heavy atom. The van der Waals surface area contributed by atoms with Crippen LogP contribution in [0.15, 0.2) is 18.2 Å². The van der Waals surface area contributed by atoms with E-state index >= 15 is 0 Å². The summed E-state index contributed by atoms with van der Waals surface area (Å²) in [5.74, 6) is 2.18. The maximum absolute atomic E-state index is 12.3. The Labute approximate surface area is 112 Å². The van der Waals surface area contributed by atoms with Gasteiger partial charge in [-0.2, -0.15) is 0 Å². The molecule has 19 heavy (non-hydrogen) atoms. The van der Waals surface area contributed by atoms with Gasteiger partial charge in [-0.25, -0.2) is 0 Å². The van der Waals surface area contributed by atoms with Crippen LogP contribution in [0.4, 0.5) is 0 Å². The van der Waals surface area contributed by atoms with Crippen molar-refractivity contribution in [3.05, 3.63) is 23.8 Å². The van der Waals surface area contributed by atoms with Crippen molar-refractivity contribution in [2.75, 3.05) is 27.3 Å². The maximum Gasteiger partial charge on any atom is 0.255 e. The summed E-state index contributed by atoms with van der Waals surface area (Å²) in [7, 11) is 3.11. The molecule has 1 aliphatic heterocycles. The fraction of sp³-hybridized carbons (Fsp3) is 0.500. The topological polar surface area (TPSA) is 59.6 Å². The molecule has 1 aliphatic carbocycles. The molecule has 2 atom stereocenters. The number of carbonyl (C=O) groups excluding carboxylic acids is 1. The molecule has 2 fully saturated rings. The Hall–Kier alpha value is -1.75. The number of nitrogens with one attached hydrogen (secondary N) is 2. The number of carbonyl (C=O) groups is 1. The molecule has 2 unspecified atom stereocenters. The molecule has 1 saturated heterocycles. The van der Waals surface area contributed by atoms with Crippen LogP contribution < -0.4 is 20.1 Å². The van der Waals surface area contributed by atoms with Crippen molar-refractivity contribution in [3.8, 4) is 11.5 Å². The molecule has 0 aromatic heterocycles. The van der Waals surface area contributed by atoms with E-state index in [1.165, 1.54) is 0 Å². The highest BCUT2D eigenvalue weighted by molar-refractivity contribution is 5.98. The molecule has 1 aromatic rings. The zero-order chi connectivity index (χ0) is 13.4. The molecule has 1 aromatic carbocycles. The van der Waals surface area contributed by atoms with E-state index in [0.717, 1.165) is 13.1 Å². The van der Waals surface area contributed by atoms with Crippen LogP contribution >= 0.6 is 0 Å². The molecular formula is C14H18N2O3. The van der Waals surface area contributed by atoms with Gasteiger partial charge in [0.05, 0.1) is 19.8 Å². The number of hydrogen-bond acceptors (Lipinski definition) is 4. The lowest BCUT2D eigenvalue weighted by Gasteiger charge is -2.13. The number of methoxy groups -OCH3 is 2. The molecule has 5 heteroatoms. The van der Waals surface area contributed by atoms with Crippen LogP contribution in [0.1, 0.15) is 10.4 Å². The van der Waals surface area contributed by atoms with E-state index in [2.05, 4.69) is 10.6 Å². The van der Waals surface area contributed by atoms with Crippen molar-refractivity contribution >= 4 is 5.91 Å². The first-order valence-corrected chi connectivity index (χ1v) is 6.49. The van der Waals surface area contributed by atoms with Gasteiger partial charge >= 0.3 is 0 Å². The monoisotopic (exact) mass is 262 g/mol. The first kappa shape index (κ1) is 12.3. The van der Waals surface area contributed by atoms with E-state index in [4.69, 9.17) is 9.47 Å². The lowest BCUT2D eigenvalue weighted by molar-refractivity contribution is 0.0943. The van der Waals surface area contributed by atoms with Gasteiger partial charge in [-0.3, -0.25) is 4.79 Å².